The third-order valence-corrected chi connectivity index (χ3v) is 1.79. The van der Waals surface area contributed by atoms with Crippen molar-refractivity contribution in [1.29, 1.82) is 5.41 Å². The van der Waals surface area contributed by atoms with Crippen LogP contribution in [0.2, 0.25) is 0 Å². The van der Waals surface area contributed by atoms with Crippen LogP contribution in [-0.2, 0) is 4.79 Å². The SMILES string of the molecule is CCC(CO)C(=N)C(=O)CCN. The Morgan fingerprint density at radius 3 is 2.58 bits per heavy atom. The van der Waals surface area contributed by atoms with E-state index in [-0.39, 0.29) is 37.0 Å². The molecule has 0 saturated heterocycles. The van der Waals surface area contributed by atoms with Crippen LogP contribution in [0.3, 0.4) is 0 Å². The van der Waals surface area contributed by atoms with Gasteiger partial charge in [0.25, 0.3) is 0 Å². The predicted molar refractivity (Wildman–Crippen MR) is 47.3 cm³/mol. The molecule has 0 aliphatic carbocycles. The number of aliphatic hydroxyl groups excluding tert-OH is 1. The normalized spacial score (nSPS) is 12.6. The van der Waals surface area contributed by atoms with Crippen molar-refractivity contribution in [2.24, 2.45) is 11.7 Å². The van der Waals surface area contributed by atoms with Crippen molar-refractivity contribution in [2.45, 2.75) is 19.8 Å². The molecule has 0 heterocycles. The standard InChI is InChI=1S/C8H16N2O2/c1-2-6(5-11)8(10)7(12)3-4-9/h6,10-11H,2-5,9H2,1H3. The van der Waals surface area contributed by atoms with E-state index in [0.29, 0.717) is 6.42 Å². The maximum atomic E-state index is 11.1. The summed E-state index contributed by atoms with van der Waals surface area (Å²) in [6.07, 6.45) is 0.820. The Morgan fingerprint density at radius 1 is 1.67 bits per heavy atom. The topological polar surface area (TPSA) is 87.2 Å². The highest BCUT2D eigenvalue weighted by Gasteiger charge is 2.17. The third-order valence-electron chi connectivity index (χ3n) is 1.79. The van der Waals surface area contributed by atoms with E-state index in [9.17, 15) is 4.79 Å². The molecule has 0 aliphatic heterocycles. The zero-order chi connectivity index (χ0) is 9.56. The number of carbonyl (C=O) groups is 1. The molecule has 0 aromatic carbocycles. The van der Waals surface area contributed by atoms with Gasteiger partial charge in [-0.05, 0) is 13.0 Å². The van der Waals surface area contributed by atoms with Crippen LogP contribution in [0.15, 0.2) is 0 Å². The summed E-state index contributed by atoms with van der Waals surface area (Å²) in [4.78, 5) is 11.1. The van der Waals surface area contributed by atoms with Crippen LogP contribution in [0, 0.1) is 11.3 Å². The molecule has 1 atom stereocenters. The first-order chi connectivity index (χ1) is 5.67. The van der Waals surface area contributed by atoms with E-state index in [2.05, 4.69) is 0 Å². The Morgan fingerprint density at radius 2 is 2.25 bits per heavy atom. The molecule has 0 spiro atoms. The molecule has 4 nitrogen and oxygen atoms in total. The first kappa shape index (κ1) is 11.3. The summed E-state index contributed by atoms with van der Waals surface area (Å²) in [7, 11) is 0. The van der Waals surface area contributed by atoms with E-state index >= 15 is 0 Å². The van der Waals surface area contributed by atoms with Gasteiger partial charge in [0.05, 0.1) is 12.3 Å². The van der Waals surface area contributed by atoms with Crippen LogP contribution < -0.4 is 5.73 Å². The molecule has 12 heavy (non-hydrogen) atoms. The molecule has 4 N–H and O–H groups in total. The van der Waals surface area contributed by atoms with Gasteiger partial charge in [0.1, 0.15) is 0 Å². The van der Waals surface area contributed by atoms with Crippen molar-refractivity contribution in [3.63, 3.8) is 0 Å². The fourth-order valence-corrected chi connectivity index (χ4v) is 0.918. The number of rotatable bonds is 6. The van der Waals surface area contributed by atoms with Crippen LogP contribution in [0.25, 0.3) is 0 Å². The van der Waals surface area contributed by atoms with E-state index in [1.165, 1.54) is 0 Å². The Balaban J connectivity index is 4.07. The Bertz CT molecular complexity index is 164. The second-order valence-electron chi connectivity index (χ2n) is 2.66. The van der Waals surface area contributed by atoms with Crippen molar-refractivity contribution in [2.75, 3.05) is 13.2 Å². The summed E-state index contributed by atoms with van der Waals surface area (Å²) >= 11 is 0. The molecule has 0 aromatic heterocycles. The van der Waals surface area contributed by atoms with Gasteiger partial charge in [-0.25, -0.2) is 0 Å². The fraction of sp³-hybridized carbons (Fsp3) is 0.750. The van der Waals surface area contributed by atoms with Crippen molar-refractivity contribution < 1.29 is 9.90 Å². The van der Waals surface area contributed by atoms with Gasteiger partial charge >= 0.3 is 0 Å². The van der Waals surface area contributed by atoms with Gasteiger partial charge in [0, 0.05) is 12.3 Å². The smallest absolute Gasteiger partial charge is 0.177 e. The van der Waals surface area contributed by atoms with Gasteiger partial charge in [-0.3, -0.25) is 4.79 Å². The van der Waals surface area contributed by atoms with Crippen molar-refractivity contribution >= 4 is 11.5 Å². The highest BCUT2D eigenvalue weighted by Crippen LogP contribution is 2.04. The molecule has 0 radical (unpaired) electrons. The lowest BCUT2D eigenvalue weighted by atomic mass is 9.97. The first-order valence-corrected chi connectivity index (χ1v) is 4.09. The van der Waals surface area contributed by atoms with Gasteiger partial charge in [0.2, 0.25) is 0 Å². The molecule has 0 rings (SSSR count). The van der Waals surface area contributed by atoms with Crippen LogP contribution in [0.4, 0.5) is 0 Å². The van der Waals surface area contributed by atoms with Gasteiger partial charge in [-0.2, -0.15) is 0 Å². The van der Waals surface area contributed by atoms with E-state index in [4.69, 9.17) is 16.2 Å². The monoisotopic (exact) mass is 172 g/mol. The summed E-state index contributed by atoms with van der Waals surface area (Å²) in [5.74, 6) is -0.567. The summed E-state index contributed by atoms with van der Waals surface area (Å²) in [6, 6.07) is 0. The molecule has 0 aliphatic rings. The summed E-state index contributed by atoms with van der Waals surface area (Å²) in [6.45, 7) is 1.97. The minimum absolute atomic E-state index is 0.00505. The van der Waals surface area contributed by atoms with Crippen molar-refractivity contribution in [1.82, 2.24) is 0 Å². The first-order valence-electron chi connectivity index (χ1n) is 4.09. The highest BCUT2D eigenvalue weighted by atomic mass is 16.3. The lowest BCUT2D eigenvalue weighted by Crippen LogP contribution is -2.26. The number of ketones is 1. The fourth-order valence-electron chi connectivity index (χ4n) is 0.918. The molecule has 4 heteroatoms. The lowest BCUT2D eigenvalue weighted by molar-refractivity contribution is -0.113. The molecule has 0 aromatic rings. The lowest BCUT2D eigenvalue weighted by Gasteiger charge is -2.11. The van der Waals surface area contributed by atoms with Crippen LogP contribution in [0.5, 0.6) is 0 Å². The number of hydrogen-bond acceptors (Lipinski definition) is 4. The molecular formula is C8H16N2O2. The van der Waals surface area contributed by atoms with Gasteiger partial charge in [0.15, 0.2) is 5.78 Å². The summed E-state index contributed by atoms with van der Waals surface area (Å²) in [5, 5.41) is 16.2. The molecule has 70 valence electrons. The van der Waals surface area contributed by atoms with Gasteiger partial charge < -0.3 is 16.2 Å². The van der Waals surface area contributed by atoms with Gasteiger partial charge in [-0.1, -0.05) is 6.92 Å². The maximum absolute atomic E-state index is 11.1. The zero-order valence-corrected chi connectivity index (χ0v) is 7.34. The molecule has 0 saturated carbocycles. The number of nitrogens with two attached hydrogens (primary N) is 1. The Hall–Kier alpha value is -0.740. The molecule has 0 fully saturated rings. The number of nitrogens with one attached hydrogen (secondary N) is 1. The largest absolute Gasteiger partial charge is 0.396 e. The van der Waals surface area contributed by atoms with Crippen LogP contribution in [0.1, 0.15) is 19.8 Å². The number of hydrogen-bond donors (Lipinski definition) is 3. The van der Waals surface area contributed by atoms with E-state index in [1.807, 2.05) is 6.92 Å². The minimum Gasteiger partial charge on any atom is -0.396 e. The average molecular weight is 172 g/mol. The zero-order valence-electron chi connectivity index (χ0n) is 7.34. The predicted octanol–water partition coefficient (Wildman–Crippen LogP) is -0.0574. The highest BCUT2D eigenvalue weighted by molar-refractivity contribution is 6.39. The Labute approximate surface area is 72.3 Å². The van der Waals surface area contributed by atoms with E-state index < -0.39 is 0 Å². The van der Waals surface area contributed by atoms with Crippen LogP contribution >= 0.6 is 0 Å². The van der Waals surface area contributed by atoms with Crippen LogP contribution in [-0.4, -0.2) is 29.8 Å². The number of Topliss-reactive ketones (excluding diaryl/α,β-unsaturated/α-hetero) is 1. The summed E-state index contributed by atoms with van der Waals surface area (Å²) < 4.78 is 0. The third kappa shape index (κ3) is 3.11. The number of carbonyl (C=O) groups excluding carboxylic acids is 1. The molecular weight excluding hydrogens is 156 g/mol. The van der Waals surface area contributed by atoms with Crippen molar-refractivity contribution in [3.8, 4) is 0 Å². The molecule has 0 bridgehead atoms. The number of aliphatic hydroxyl groups is 1. The second kappa shape index (κ2) is 5.85. The molecule has 0 amide bonds. The maximum Gasteiger partial charge on any atom is 0.177 e. The summed E-state index contributed by atoms with van der Waals surface area (Å²) in [5.41, 5.74) is 5.18. The average Bonchev–Trinajstić information content (AvgIpc) is 2.07. The van der Waals surface area contributed by atoms with E-state index in [0.717, 1.165) is 0 Å². The van der Waals surface area contributed by atoms with Crippen molar-refractivity contribution in [3.05, 3.63) is 0 Å². The molecule has 1 unspecified atom stereocenters. The van der Waals surface area contributed by atoms with Gasteiger partial charge in [-0.15, -0.1) is 0 Å². The quantitative estimate of drug-likeness (QED) is 0.490. The van der Waals surface area contributed by atoms with E-state index in [1.54, 1.807) is 0 Å². The Kier molecular flexibility index (Phi) is 5.49. The second-order valence-corrected chi connectivity index (χ2v) is 2.66. The minimum atomic E-state index is -0.316.